The number of pyridine rings is 1. The molecule has 0 saturated heterocycles. The number of hydrogen-bond acceptors (Lipinski definition) is 3. The van der Waals surface area contributed by atoms with Crippen molar-refractivity contribution in [2.45, 2.75) is 6.92 Å². The van der Waals surface area contributed by atoms with Gasteiger partial charge in [-0.05, 0) is 30.7 Å². The summed E-state index contributed by atoms with van der Waals surface area (Å²) in [5, 5.41) is 4.43. The van der Waals surface area contributed by atoms with Gasteiger partial charge in [0.1, 0.15) is 11.6 Å². The van der Waals surface area contributed by atoms with E-state index >= 15 is 0 Å². The maximum Gasteiger partial charge on any atom is 0.143 e. The van der Waals surface area contributed by atoms with Crippen LogP contribution in [0.2, 0.25) is 10.0 Å². The molecule has 0 aliphatic carbocycles. The van der Waals surface area contributed by atoms with Crippen molar-refractivity contribution in [3.8, 4) is 5.75 Å². The van der Waals surface area contributed by atoms with Crippen LogP contribution in [-0.2, 0) is 0 Å². The number of aryl methyl sites for hydroxylation is 1. The molecule has 0 unspecified atom stereocenters. The second-order valence-electron chi connectivity index (χ2n) is 3.79. The number of aromatic nitrogens is 1. The molecule has 2 rings (SSSR count). The van der Waals surface area contributed by atoms with Crippen LogP contribution in [0.3, 0.4) is 0 Å². The lowest BCUT2D eigenvalue weighted by Crippen LogP contribution is -1.97. The maximum atomic E-state index is 6.05. The Kier molecular flexibility index (Phi) is 3.94. The zero-order valence-electron chi connectivity index (χ0n) is 10.00. The second kappa shape index (κ2) is 5.46. The number of anilines is 2. The first-order valence-electron chi connectivity index (χ1n) is 5.33. The van der Waals surface area contributed by atoms with E-state index in [-0.39, 0.29) is 0 Å². The van der Waals surface area contributed by atoms with Crippen molar-refractivity contribution in [1.82, 2.24) is 4.98 Å². The largest absolute Gasteiger partial charge is 0.495 e. The van der Waals surface area contributed by atoms with Gasteiger partial charge in [0, 0.05) is 17.3 Å². The van der Waals surface area contributed by atoms with Crippen LogP contribution in [0.1, 0.15) is 5.56 Å². The van der Waals surface area contributed by atoms with Crippen molar-refractivity contribution in [3.05, 3.63) is 46.1 Å². The Morgan fingerprint density at radius 1 is 1.22 bits per heavy atom. The summed E-state index contributed by atoms with van der Waals surface area (Å²) >= 11 is 11.8. The molecule has 2 aromatic rings. The monoisotopic (exact) mass is 282 g/mol. The Labute approximate surface area is 116 Å². The number of rotatable bonds is 3. The van der Waals surface area contributed by atoms with E-state index in [1.807, 2.05) is 13.0 Å². The summed E-state index contributed by atoms with van der Waals surface area (Å²) in [6, 6.07) is 7.25. The van der Waals surface area contributed by atoms with Crippen LogP contribution in [0, 0.1) is 6.92 Å². The molecule has 0 atom stereocenters. The van der Waals surface area contributed by atoms with Crippen LogP contribution in [0.15, 0.2) is 30.5 Å². The van der Waals surface area contributed by atoms with Crippen LogP contribution in [0.25, 0.3) is 0 Å². The number of ether oxygens (including phenoxy) is 1. The van der Waals surface area contributed by atoms with E-state index < -0.39 is 0 Å². The normalized spacial score (nSPS) is 10.2. The van der Waals surface area contributed by atoms with Crippen LogP contribution in [-0.4, -0.2) is 12.1 Å². The van der Waals surface area contributed by atoms with Crippen molar-refractivity contribution in [3.63, 3.8) is 0 Å². The number of hydrogen-bond donors (Lipinski definition) is 1. The fraction of sp³-hybridized carbons (Fsp3) is 0.154. The third-order valence-electron chi connectivity index (χ3n) is 2.47. The van der Waals surface area contributed by atoms with E-state index in [1.54, 1.807) is 31.5 Å². The van der Waals surface area contributed by atoms with Gasteiger partial charge >= 0.3 is 0 Å². The van der Waals surface area contributed by atoms with Gasteiger partial charge in [0.25, 0.3) is 0 Å². The van der Waals surface area contributed by atoms with Gasteiger partial charge in [-0.25, -0.2) is 4.98 Å². The van der Waals surface area contributed by atoms with Crippen molar-refractivity contribution in [1.29, 1.82) is 0 Å². The number of benzene rings is 1. The van der Waals surface area contributed by atoms with E-state index in [0.29, 0.717) is 21.6 Å². The predicted octanol–water partition coefficient (Wildman–Crippen LogP) is 4.45. The van der Waals surface area contributed by atoms with E-state index in [9.17, 15) is 0 Å². The van der Waals surface area contributed by atoms with Crippen molar-refractivity contribution in [2.24, 2.45) is 0 Å². The minimum absolute atomic E-state index is 0.597. The molecule has 18 heavy (non-hydrogen) atoms. The van der Waals surface area contributed by atoms with E-state index in [0.717, 1.165) is 11.3 Å². The molecule has 1 aromatic carbocycles. The average molecular weight is 283 g/mol. The maximum absolute atomic E-state index is 6.05. The topological polar surface area (TPSA) is 34.1 Å². The molecule has 1 aromatic heterocycles. The first-order chi connectivity index (χ1) is 8.60. The number of nitrogens with zero attached hydrogens (tertiary/aromatic N) is 1. The molecular formula is C13H12Cl2N2O. The van der Waals surface area contributed by atoms with Gasteiger partial charge in [-0.3, -0.25) is 0 Å². The van der Waals surface area contributed by atoms with E-state index in [1.165, 1.54) is 0 Å². The minimum atomic E-state index is 0.597. The molecule has 1 heterocycles. The molecule has 0 amide bonds. The highest BCUT2D eigenvalue weighted by Gasteiger charge is 2.07. The van der Waals surface area contributed by atoms with Gasteiger partial charge in [0.05, 0.1) is 17.8 Å². The molecule has 0 saturated carbocycles. The summed E-state index contributed by atoms with van der Waals surface area (Å²) in [7, 11) is 1.60. The molecule has 5 heteroatoms. The fourth-order valence-corrected chi connectivity index (χ4v) is 1.78. The Hall–Kier alpha value is -1.45. The molecule has 94 valence electrons. The SMILES string of the molecule is COc1cc(Cl)c(C)cc1Nc1ccc(Cl)cn1. The van der Waals surface area contributed by atoms with E-state index in [2.05, 4.69) is 10.3 Å². The molecule has 3 nitrogen and oxygen atoms in total. The Morgan fingerprint density at radius 2 is 2.00 bits per heavy atom. The predicted molar refractivity (Wildman–Crippen MR) is 75.3 cm³/mol. The zero-order valence-corrected chi connectivity index (χ0v) is 11.5. The summed E-state index contributed by atoms with van der Waals surface area (Å²) in [5.41, 5.74) is 1.78. The van der Waals surface area contributed by atoms with E-state index in [4.69, 9.17) is 27.9 Å². The van der Waals surface area contributed by atoms with Gasteiger partial charge in [-0.2, -0.15) is 0 Å². The summed E-state index contributed by atoms with van der Waals surface area (Å²) < 4.78 is 5.28. The minimum Gasteiger partial charge on any atom is -0.495 e. The zero-order chi connectivity index (χ0) is 13.1. The van der Waals surface area contributed by atoms with Crippen LogP contribution < -0.4 is 10.1 Å². The smallest absolute Gasteiger partial charge is 0.143 e. The molecule has 0 aliphatic rings. The quantitative estimate of drug-likeness (QED) is 0.903. The summed E-state index contributed by atoms with van der Waals surface area (Å²) in [6.45, 7) is 1.93. The van der Waals surface area contributed by atoms with Crippen LogP contribution in [0.4, 0.5) is 11.5 Å². The molecule has 0 spiro atoms. The van der Waals surface area contributed by atoms with Gasteiger partial charge in [0.15, 0.2) is 0 Å². The van der Waals surface area contributed by atoms with Crippen LogP contribution >= 0.6 is 23.2 Å². The number of methoxy groups -OCH3 is 1. The van der Waals surface area contributed by atoms with Crippen molar-refractivity contribution in [2.75, 3.05) is 12.4 Å². The van der Waals surface area contributed by atoms with Gasteiger partial charge in [-0.15, -0.1) is 0 Å². The Bertz CT molecular complexity index is 556. The van der Waals surface area contributed by atoms with Gasteiger partial charge < -0.3 is 10.1 Å². The summed E-state index contributed by atoms with van der Waals surface area (Å²) in [4.78, 5) is 4.17. The lowest BCUT2D eigenvalue weighted by atomic mass is 10.2. The third kappa shape index (κ3) is 2.86. The highest BCUT2D eigenvalue weighted by molar-refractivity contribution is 6.31. The molecule has 0 bridgehead atoms. The van der Waals surface area contributed by atoms with Crippen LogP contribution in [0.5, 0.6) is 5.75 Å². The lowest BCUT2D eigenvalue weighted by molar-refractivity contribution is 0.416. The molecule has 0 aliphatic heterocycles. The van der Waals surface area contributed by atoms with Gasteiger partial charge in [0.2, 0.25) is 0 Å². The summed E-state index contributed by atoms with van der Waals surface area (Å²) in [5.74, 6) is 1.36. The number of nitrogens with one attached hydrogen (secondary N) is 1. The second-order valence-corrected chi connectivity index (χ2v) is 4.63. The van der Waals surface area contributed by atoms with Gasteiger partial charge in [-0.1, -0.05) is 23.2 Å². The molecule has 0 fully saturated rings. The fourth-order valence-electron chi connectivity index (χ4n) is 1.52. The first kappa shape index (κ1) is 13.0. The highest BCUT2D eigenvalue weighted by Crippen LogP contribution is 2.32. The number of halogens is 2. The molecule has 1 N–H and O–H groups in total. The summed E-state index contributed by atoms with van der Waals surface area (Å²) in [6.07, 6.45) is 1.58. The molecular weight excluding hydrogens is 271 g/mol. The van der Waals surface area contributed by atoms with Crippen molar-refractivity contribution < 1.29 is 4.74 Å². The lowest BCUT2D eigenvalue weighted by Gasteiger charge is -2.12. The third-order valence-corrected chi connectivity index (χ3v) is 3.10. The molecule has 0 radical (unpaired) electrons. The average Bonchev–Trinajstić information content (AvgIpc) is 2.36. The highest BCUT2D eigenvalue weighted by atomic mass is 35.5. The Balaban J connectivity index is 2.33. The Morgan fingerprint density at radius 3 is 2.61 bits per heavy atom. The standard InChI is InChI=1S/C13H12Cl2N2O/c1-8-5-11(12(18-2)6-10(8)15)17-13-4-3-9(14)7-16-13/h3-7H,1-2H3,(H,16,17). The first-order valence-corrected chi connectivity index (χ1v) is 6.08. The van der Waals surface area contributed by atoms with Crippen molar-refractivity contribution >= 4 is 34.7 Å².